The highest BCUT2D eigenvalue weighted by Crippen LogP contribution is 2.46. The fourth-order valence-electron chi connectivity index (χ4n) is 3.00. The average molecular weight is 363 g/mol. The summed E-state index contributed by atoms with van der Waals surface area (Å²) < 4.78 is 13.1. The van der Waals surface area contributed by atoms with Crippen LogP contribution in [0, 0.1) is 5.82 Å². The van der Waals surface area contributed by atoms with Gasteiger partial charge in [-0.2, -0.15) is 0 Å². The van der Waals surface area contributed by atoms with Gasteiger partial charge in [0.1, 0.15) is 17.2 Å². The van der Waals surface area contributed by atoms with E-state index in [0.29, 0.717) is 16.5 Å². The molecule has 4 nitrogen and oxygen atoms in total. The number of thioether (sulfide) groups is 1. The van der Waals surface area contributed by atoms with Crippen LogP contribution in [0.5, 0.6) is 0 Å². The lowest BCUT2D eigenvalue weighted by atomic mass is 10.2. The monoisotopic (exact) mass is 362 g/mol. The highest BCUT2D eigenvalue weighted by Gasteiger charge is 2.53. The molecule has 0 saturated carbocycles. The maximum absolute atomic E-state index is 13.1. The van der Waals surface area contributed by atoms with Crippen molar-refractivity contribution in [1.82, 2.24) is 4.90 Å². The molecule has 2 atom stereocenters. The first-order valence-electron chi connectivity index (χ1n) is 7.35. The van der Waals surface area contributed by atoms with E-state index in [9.17, 15) is 14.0 Å². The summed E-state index contributed by atoms with van der Waals surface area (Å²) in [4.78, 5) is 28.3. The van der Waals surface area contributed by atoms with Crippen molar-refractivity contribution in [3.05, 3.63) is 64.9 Å². The molecular weight excluding hydrogens is 351 g/mol. The minimum Gasteiger partial charge on any atom is -0.295 e. The van der Waals surface area contributed by atoms with Gasteiger partial charge in [0.05, 0.1) is 5.69 Å². The molecule has 0 radical (unpaired) electrons. The van der Waals surface area contributed by atoms with Crippen molar-refractivity contribution in [2.45, 2.75) is 11.4 Å². The van der Waals surface area contributed by atoms with E-state index in [-0.39, 0.29) is 23.1 Å². The van der Waals surface area contributed by atoms with Crippen molar-refractivity contribution in [3.63, 3.8) is 0 Å². The number of nitrogens with zero attached hydrogens (tertiary/aromatic N) is 2. The molecule has 0 spiro atoms. The Kier molecular flexibility index (Phi) is 3.73. The molecule has 24 heavy (non-hydrogen) atoms. The molecule has 4 rings (SSSR count). The first-order chi connectivity index (χ1) is 11.6. The number of fused-ring (bicyclic) bond motifs is 1. The largest absolute Gasteiger partial charge is 0.333 e. The maximum atomic E-state index is 13.1. The molecule has 122 valence electrons. The summed E-state index contributed by atoms with van der Waals surface area (Å²) in [5.74, 6) is -0.0409. The number of halogens is 2. The van der Waals surface area contributed by atoms with Crippen LogP contribution in [0.15, 0.2) is 48.5 Å². The molecule has 0 unspecified atom stereocenters. The molecule has 0 aliphatic carbocycles. The van der Waals surface area contributed by atoms with Crippen LogP contribution in [0.4, 0.5) is 14.9 Å². The summed E-state index contributed by atoms with van der Waals surface area (Å²) >= 11 is 7.38. The van der Waals surface area contributed by atoms with Crippen molar-refractivity contribution < 1.29 is 14.0 Å². The van der Waals surface area contributed by atoms with Gasteiger partial charge in [-0.15, -0.1) is 11.8 Å². The third-order valence-electron chi connectivity index (χ3n) is 4.16. The SMILES string of the molecule is O=C1[C@H]2CS[C@H](c3ccc(F)cc3)N2C(=O)N1c1ccc(Cl)cc1. The number of urea groups is 1. The second-order valence-corrected chi connectivity index (χ2v) is 7.14. The number of imide groups is 1. The van der Waals surface area contributed by atoms with Crippen LogP contribution in [-0.4, -0.2) is 28.6 Å². The van der Waals surface area contributed by atoms with E-state index in [2.05, 4.69) is 0 Å². The predicted molar refractivity (Wildman–Crippen MR) is 91.6 cm³/mol. The molecule has 2 heterocycles. The highest BCUT2D eigenvalue weighted by molar-refractivity contribution is 7.99. The highest BCUT2D eigenvalue weighted by atomic mass is 35.5. The smallest absolute Gasteiger partial charge is 0.295 e. The number of benzene rings is 2. The number of carbonyl (C=O) groups is 2. The molecular formula is C17H12ClFN2O2S. The number of amides is 3. The van der Waals surface area contributed by atoms with Crippen LogP contribution < -0.4 is 4.90 Å². The Hall–Kier alpha value is -2.05. The van der Waals surface area contributed by atoms with Crippen LogP contribution in [0.25, 0.3) is 0 Å². The lowest BCUT2D eigenvalue weighted by Gasteiger charge is -2.23. The van der Waals surface area contributed by atoms with Gasteiger partial charge in [0.2, 0.25) is 0 Å². The van der Waals surface area contributed by atoms with E-state index in [1.165, 1.54) is 28.8 Å². The summed E-state index contributed by atoms with van der Waals surface area (Å²) in [6.45, 7) is 0. The van der Waals surface area contributed by atoms with Gasteiger partial charge in [0, 0.05) is 10.8 Å². The molecule has 0 aromatic heterocycles. The number of hydrogen-bond acceptors (Lipinski definition) is 3. The molecule has 2 aliphatic heterocycles. The third kappa shape index (κ3) is 2.37. The zero-order valence-corrected chi connectivity index (χ0v) is 13.9. The second-order valence-electron chi connectivity index (χ2n) is 5.59. The van der Waals surface area contributed by atoms with Crippen LogP contribution in [-0.2, 0) is 4.79 Å². The Balaban J connectivity index is 1.67. The van der Waals surface area contributed by atoms with Gasteiger partial charge in [-0.05, 0) is 42.0 Å². The number of hydrogen-bond donors (Lipinski definition) is 0. The van der Waals surface area contributed by atoms with E-state index in [4.69, 9.17) is 11.6 Å². The molecule has 2 fully saturated rings. The molecule has 0 bridgehead atoms. The summed E-state index contributed by atoms with van der Waals surface area (Å²) in [6, 6.07) is 11.8. The van der Waals surface area contributed by atoms with E-state index < -0.39 is 6.04 Å². The Morgan fingerprint density at radius 3 is 2.38 bits per heavy atom. The van der Waals surface area contributed by atoms with Crippen LogP contribution in [0.1, 0.15) is 10.9 Å². The van der Waals surface area contributed by atoms with E-state index >= 15 is 0 Å². The fourth-order valence-corrected chi connectivity index (χ4v) is 4.54. The Morgan fingerprint density at radius 1 is 1.04 bits per heavy atom. The van der Waals surface area contributed by atoms with Crippen LogP contribution >= 0.6 is 23.4 Å². The summed E-state index contributed by atoms with van der Waals surface area (Å²) in [6.07, 6.45) is 0. The van der Waals surface area contributed by atoms with Gasteiger partial charge in [-0.25, -0.2) is 14.1 Å². The quantitative estimate of drug-likeness (QED) is 0.756. The summed E-state index contributed by atoms with van der Waals surface area (Å²) in [7, 11) is 0. The minimum atomic E-state index is -0.492. The van der Waals surface area contributed by atoms with Gasteiger partial charge in [-0.1, -0.05) is 23.7 Å². The molecule has 3 amide bonds. The van der Waals surface area contributed by atoms with E-state index in [1.807, 2.05) is 0 Å². The van der Waals surface area contributed by atoms with Gasteiger partial charge in [-0.3, -0.25) is 9.69 Å². The van der Waals surface area contributed by atoms with Crippen molar-refractivity contribution in [2.75, 3.05) is 10.7 Å². The first kappa shape index (κ1) is 15.5. The first-order valence-corrected chi connectivity index (χ1v) is 8.78. The lowest BCUT2D eigenvalue weighted by Crippen LogP contribution is -2.33. The average Bonchev–Trinajstić information content (AvgIpc) is 3.11. The molecule has 0 N–H and O–H groups in total. The molecule has 2 saturated heterocycles. The topological polar surface area (TPSA) is 40.6 Å². The molecule has 7 heteroatoms. The Labute approximate surface area is 147 Å². The second kappa shape index (κ2) is 5.79. The van der Waals surface area contributed by atoms with Gasteiger partial charge in [0.15, 0.2) is 0 Å². The maximum Gasteiger partial charge on any atom is 0.333 e. The van der Waals surface area contributed by atoms with Gasteiger partial charge >= 0.3 is 6.03 Å². The van der Waals surface area contributed by atoms with Crippen LogP contribution in [0.3, 0.4) is 0 Å². The summed E-state index contributed by atoms with van der Waals surface area (Å²) in [5, 5.41) is 0.252. The van der Waals surface area contributed by atoms with Gasteiger partial charge < -0.3 is 0 Å². The zero-order chi connectivity index (χ0) is 16.8. The minimum absolute atomic E-state index is 0.237. The zero-order valence-electron chi connectivity index (χ0n) is 12.4. The molecule has 2 aliphatic rings. The Bertz CT molecular complexity index is 812. The van der Waals surface area contributed by atoms with Crippen molar-refractivity contribution in [2.24, 2.45) is 0 Å². The predicted octanol–water partition coefficient (Wildman–Crippen LogP) is 4.06. The summed E-state index contributed by atoms with van der Waals surface area (Å²) in [5.41, 5.74) is 1.31. The standard InChI is InChI=1S/C17H12ClFN2O2S/c18-11-3-7-13(8-4-11)20-15(22)14-9-24-16(21(14)17(20)23)10-1-5-12(19)6-2-10/h1-8,14,16H,9H2/t14-,16-/m1/s1. The molecule has 2 aromatic rings. The number of carbonyl (C=O) groups excluding carboxylic acids is 2. The fraction of sp³-hybridized carbons (Fsp3) is 0.176. The van der Waals surface area contributed by atoms with E-state index in [0.717, 1.165) is 5.56 Å². The number of anilines is 1. The lowest BCUT2D eigenvalue weighted by molar-refractivity contribution is -0.119. The van der Waals surface area contributed by atoms with Crippen molar-refractivity contribution >= 4 is 41.0 Å². The van der Waals surface area contributed by atoms with Crippen molar-refractivity contribution in [3.8, 4) is 0 Å². The van der Waals surface area contributed by atoms with E-state index in [1.54, 1.807) is 41.3 Å². The number of rotatable bonds is 2. The van der Waals surface area contributed by atoms with Crippen LogP contribution in [0.2, 0.25) is 5.02 Å². The normalized spacial score (nSPS) is 23.1. The van der Waals surface area contributed by atoms with Crippen molar-refractivity contribution in [1.29, 1.82) is 0 Å². The molecule has 2 aromatic carbocycles. The van der Waals surface area contributed by atoms with Gasteiger partial charge in [0.25, 0.3) is 5.91 Å². The third-order valence-corrected chi connectivity index (χ3v) is 5.73. The Morgan fingerprint density at radius 2 is 1.71 bits per heavy atom.